The minimum atomic E-state index is -0.474. The largest absolute Gasteiger partial charge is 0.465 e. The van der Waals surface area contributed by atoms with E-state index in [1.165, 1.54) is 6.92 Å². The number of carbonyl (C=O) groups is 2. The molecule has 2 aromatic carbocycles. The summed E-state index contributed by atoms with van der Waals surface area (Å²) < 4.78 is 16.6. The second-order valence-electron chi connectivity index (χ2n) is 6.82. The van der Waals surface area contributed by atoms with Crippen molar-refractivity contribution in [3.05, 3.63) is 77.9 Å². The van der Waals surface area contributed by atoms with Crippen LogP contribution in [-0.4, -0.2) is 30.9 Å². The monoisotopic (exact) mass is 395 g/mol. The van der Waals surface area contributed by atoms with Crippen LogP contribution >= 0.6 is 0 Å². The highest BCUT2D eigenvalue weighted by Crippen LogP contribution is 2.20. The minimum Gasteiger partial charge on any atom is -0.465 e. The molecule has 0 aliphatic carbocycles. The van der Waals surface area contributed by atoms with Crippen molar-refractivity contribution in [1.29, 1.82) is 0 Å². The van der Waals surface area contributed by atoms with Gasteiger partial charge in [0.1, 0.15) is 18.5 Å². The number of hydrogen-bond donors (Lipinski definition) is 1. The van der Waals surface area contributed by atoms with Crippen molar-refractivity contribution in [2.75, 3.05) is 6.61 Å². The molecular formula is C23H25NO5. The second kappa shape index (κ2) is 9.89. The summed E-state index contributed by atoms with van der Waals surface area (Å²) in [5.74, 6) is 0.107. The maximum Gasteiger partial charge on any atom is 0.302 e. The van der Waals surface area contributed by atoms with Gasteiger partial charge in [-0.05, 0) is 36.8 Å². The van der Waals surface area contributed by atoms with Crippen molar-refractivity contribution < 1.29 is 23.8 Å². The number of hydrogen-bond acceptors (Lipinski definition) is 5. The predicted molar refractivity (Wildman–Crippen MR) is 108 cm³/mol. The van der Waals surface area contributed by atoms with Crippen LogP contribution in [0.4, 0.5) is 0 Å². The van der Waals surface area contributed by atoms with Crippen LogP contribution in [0.1, 0.15) is 42.2 Å². The van der Waals surface area contributed by atoms with Crippen molar-refractivity contribution in [2.24, 2.45) is 0 Å². The van der Waals surface area contributed by atoms with Gasteiger partial charge in [0, 0.05) is 18.9 Å². The zero-order chi connectivity index (χ0) is 20.6. The van der Waals surface area contributed by atoms with Crippen LogP contribution in [0.3, 0.4) is 0 Å². The molecule has 3 rings (SSSR count). The summed E-state index contributed by atoms with van der Waals surface area (Å²) in [7, 11) is 0. The van der Waals surface area contributed by atoms with Crippen LogP contribution in [0.5, 0.6) is 5.75 Å². The Morgan fingerprint density at radius 2 is 1.86 bits per heavy atom. The van der Waals surface area contributed by atoms with Gasteiger partial charge in [-0.2, -0.15) is 0 Å². The molecule has 1 heterocycles. The molecule has 6 nitrogen and oxygen atoms in total. The van der Waals surface area contributed by atoms with Crippen LogP contribution in [-0.2, 0) is 14.3 Å². The molecule has 0 saturated heterocycles. The van der Waals surface area contributed by atoms with Crippen molar-refractivity contribution >= 4 is 11.9 Å². The Kier molecular flexibility index (Phi) is 7.03. The van der Waals surface area contributed by atoms with E-state index in [1.807, 2.05) is 49.4 Å². The van der Waals surface area contributed by atoms with Gasteiger partial charge in [-0.15, -0.1) is 0 Å². The molecule has 1 amide bonds. The molecule has 152 valence electrons. The van der Waals surface area contributed by atoms with E-state index in [4.69, 9.17) is 14.2 Å². The first-order valence-electron chi connectivity index (χ1n) is 9.59. The molecule has 29 heavy (non-hydrogen) atoms. The van der Waals surface area contributed by atoms with Gasteiger partial charge in [0.25, 0.3) is 5.91 Å². The lowest BCUT2D eigenvalue weighted by Gasteiger charge is -2.26. The number of nitrogens with one attached hydrogen (secondary N) is 1. The zero-order valence-electron chi connectivity index (χ0n) is 16.5. The molecule has 0 aromatic heterocycles. The number of rotatable bonds is 7. The Morgan fingerprint density at radius 3 is 2.55 bits per heavy atom. The van der Waals surface area contributed by atoms with E-state index >= 15 is 0 Å². The molecular weight excluding hydrogens is 370 g/mol. The lowest BCUT2D eigenvalue weighted by atomic mass is 10.1. The highest BCUT2D eigenvalue weighted by atomic mass is 16.7. The fraction of sp³-hybridized carbons (Fsp3) is 0.304. The number of esters is 1. The van der Waals surface area contributed by atoms with Crippen molar-refractivity contribution in [2.45, 2.75) is 38.7 Å². The van der Waals surface area contributed by atoms with Crippen molar-refractivity contribution in [3.63, 3.8) is 0 Å². The van der Waals surface area contributed by atoms with Gasteiger partial charge in [0.05, 0.1) is 6.04 Å². The molecule has 0 bridgehead atoms. The van der Waals surface area contributed by atoms with Crippen LogP contribution in [0.2, 0.25) is 0 Å². The fourth-order valence-corrected chi connectivity index (χ4v) is 2.95. The third-order valence-electron chi connectivity index (χ3n) is 4.49. The maximum atomic E-state index is 12.5. The third kappa shape index (κ3) is 6.19. The molecule has 2 unspecified atom stereocenters. The number of ether oxygens (including phenoxy) is 3. The van der Waals surface area contributed by atoms with Gasteiger partial charge >= 0.3 is 5.97 Å². The van der Waals surface area contributed by atoms with Crippen LogP contribution in [0.25, 0.3) is 0 Å². The number of benzene rings is 2. The Hall–Kier alpha value is -3.12. The molecule has 1 aliphatic rings. The summed E-state index contributed by atoms with van der Waals surface area (Å²) in [6.07, 6.45) is 3.58. The fourth-order valence-electron chi connectivity index (χ4n) is 2.95. The molecule has 2 aromatic rings. The van der Waals surface area contributed by atoms with Gasteiger partial charge < -0.3 is 19.5 Å². The summed E-state index contributed by atoms with van der Waals surface area (Å²) in [4.78, 5) is 23.4. The molecule has 0 radical (unpaired) electrons. The van der Waals surface area contributed by atoms with E-state index in [0.717, 1.165) is 5.56 Å². The Morgan fingerprint density at radius 1 is 1.14 bits per heavy atom. The highest BCUT2D eigenvalue weighted by molar-refractivity contribution is 5.94. The smallest absolute Gasteiger partial charge is 0.302 e. The Balaban J connectivity index is 1.52. The summed E-state index contributed by atoms with van der Waals surface area (Å²) >= 11 is 0. The van der Waals surface area contributed by atoms with Gasteiger partial charge in [-0.25, -0.2) is 0 Å². The van der Waals surface area contributed by atoms with Gasteiger partial charge in [-0.3, -0.25) is 9.59 Å². The molecule has 0 saturated carbocycles. The predicted octanol–water partition coefficient (Wildman–Crippen LogP) is 3.79. The quantitative estimate of drug-likeness (QED) is 0.570. The maximum absolute atomic E-state index is 12.5. The standard InChI is InChI=1S/C23H25NO5/c1-16(18-7-4-3-5-8-18)24-23(26)19-11-13-20(14-12-19)28-22-10-6-9-21(29-22)15-27-17(2)25/h3-9,11-14,16,21-22H,10,15H2,1-2H3,(H,24,26)/t16-,21?,22?/m0/s1. The topological polar surface area (TPSA) is 73.9 Å². The lowest BCUT2D eigenvalue weighted by Crippen LogP contribution is -2.32. The van der Waals surface area contributed by atoms with Crippen LogP contribution in [0.15, 0.2) is 66.7 Å². The lowest BCUT2D eigenvalue weighted by molar-refractivity contribution is -0.154. The molecule has 1 aliphatic heterocycles. The van der Waals surface area contributed by atoms with E-state index in [1.54, 1.807) is 24.3 Å². The SMILES string of the molecule is CC(=O)OCC1C=CCC(Oc2ccc(C(=O)N[C@@H](C)c3ccccc3)cc2)O1. The molecule has 1 N–H and O–H groups in total. The Labute approximate surface area is 170 Å². The van der Waals surface area contributed by atoms with E-state index in [9.17, 15) is 9.59 Å². The van der Waals surface area contributed by atoms with E-state index in [0.29, 0.717) is 17.7 Å². The third-order valence-corrected chi connectivity index (χ3v) is 4.49. The van der Waals surface area contributed by atoms with Crippen LogP contribution < -0.4 is 10.1 Å². The van der Waals surface area contributed by atoms with Gasteiger partial charge in [-0.1, -0.05) is 42.5 Å². The second-order valence-corrected chi connectivity index (χ2v) is 6.82. The molecule has 0 fully saturated rings. The van der Waals surface area contributed by atoms with Crippen molar-refractivity contribution in [3.8, 4) is 5.75 Å². The molecule has 3 atom stereocenters. The minimum absolute atomic E-state index is 0.0868. The first-order valence-corrected chi connectivity index (χ1v) is 9.59. The summed E-state index contributed by atoms with van der Waals surface area (Å²) in [5.41, 5.74) is 1.60. The molecule has 0 spiro atoms. The summed E-state index contributed by atoms with van der Waals surface area (Å²) in [5, 5.41) is 2.99. The highest BCUT2D eigenvalue weighted by Gasteiger charge is 2.20. The first-order chi connectivity index (χ1) is 14.0. The van der Waals surface area contributed by atoms with Gasteiger partial charge in [0.15, 0.2) is 0 Å². The molecule has 6 heteroatoms. The first kappa shape index (κ1) is 20.6. The van der Waals surface area contributed by atoms with E-state index in [2.05, 4.69) is 5.32 Å². The van der Waals surface area contributed by atoms with E-state index < -0.39 is 6.29 Å². The normalized spacial score (nSPS) is 19.2. The van der Waals surface area contributed by atoms with Gasteiger partial charge in [0.2, 0.25) is 6.29 Å². The average molecular weight is 395 g/mol. The average Bonchev–Trinajstić information content (AvgIpc) is 2.73. The summed E-state index contributed by atoms with van der Waals surface area (Å²) in [6, 6.07) is 16.6. The number of amides is 1. The van der Waals surface area contributed by atoms with E-state index in [-0.39, 0.29) is 30.6 Å². The Bertz CT molecular complexity index is 847. The summed E-state index contributed by atoms with van der Waals surface area (Å²) in [6.45, 7) is 3.47. The van der Waals surface area contributed by atoms with Crippen molar-refractivity contribution in [1.82, 2.24) is 5.32 Å². The zero-order valence-corrected chi connectivity index (χ0v) is 16.5. The van der Waals surface area contributed by atoms with Crippen LogP contribution in [0, 0.1) is 0 Å². The number of carbonyl (C=O) groups excluding carboxylic acids is 2.